The van der Waals surface area contributed by atoms with Crippen molar-refractivity contribution in [1.29, 1.82) is 0 Å². The van der Waals surface area contributed by atoms with Crippen molar-refractivity contribution < 1.29 is 4.79 Å². The molecule has 0 aliphatic heterocycles. The molecule has 21 heavy (non-hydrogen) atoms. The molecule has 0 saturated heterocycles. The minimum absolute atomic E-state index is 0.0271. The Morgan fingerprint density at radius 1 is 1.14 bits per heavy atom. The van der Waals surface area contributed by atoms with Crippen molar-refractivity contribution in [3.63, 3.8) is 0 Å². The number of aromatic amines is 2. The van der Waals surface area contributed by atoms with Crippen molar-refractivity contribution in [1.82, 2.24) is 9.97 Å². The summed E-state index contributed by atoms with van der Waals surface area (Å²) >= 11 is 3.39. The second-order valence-corrected chi connectivity index (χ2v) is 5.81. The van der Waals surface area contributed by atoms with Crippen molar-refractivity contribution in [3.05, 3.63) is 27.1 Å². The smallest absolute Gasteiger partial charge is 0.323 e. The Morgan fingerprint density at radius 3 is 2.52 bits per heavy atom. The predicted octanol–water partition coefficient (Wildman–Crippen LogP) is 2.47. The van der Waals surface area contributed by atoms with Gasteiger partial charge in [0.05, 0.1) is 16.7 Å². The van der Waals surface area contributed by atoms with Crippen LogP contribution < -0.4 is 16.7 Å². The normalized spacial score (nSPS) is 11.0. The van der Waals surface area contributed by atoms with Gasteiger partial charge in [0, 0.05) is 10.9 Å². The molecule has 0 saturated carbocycles. The first-order valence-electron chi connectivity index (χ1n) is 7.01. The molecule has 1 amide bonds. The number of aromatic nitrogens is 2. The van der Waals surface area contributed by atoms with E-state index in [-0.39, 0.29) is 11.6 Å². The lowest BCUT2D eigenvalue weighted by Crippen LogP contribution is -2.11. The van der Waals surface area contributed by atoms with Crippen LogP contribution in [0.2, 0.25) is 0 Å². The Kier molecular flexibility index (Phi) is 5.58. The van der Waals surface area contributed by atoms with Crippen molar-refractivity contribution in [3.8, 4) is 0 Å². The van der Waals surface area contributed by atoms with Gasteiger partial charge >= 0.3 is 5.69 Å². The van der Waals surface area contributed by atoms with Crippen LogP contribution >= 0.6 is 15.9 Å². The molecule has 2 aromatic rings. The molecule has 114 valence electrons. The Hall–Kier alpha value is -1.60. The topological polar surface area (TPSA) is 104 Å². The molecular weight excluding hydrogens is 336 g/mol. The number of imidazole rings is 1. The number of amides is 1. The third-order valence-electron chi connectivity index (χ3n) is 3.24. The van der Waals surface area contributed by atoms with Gasteiger partial charge in [0.2, 0.25) is 5.91 Å². The highest BCUT2D eigenvalue weighted by Gasteiger charge is 2.08. The molecule has 6 nitrogen and oxygen atoms in total. The molecule has 7 heteroatoms. The molecule has 0 bridgehead atoms. The van der Waals surface area contributed by atoms with Gasteiger partial charge in [0.15, 0.2) is 0 Å². The SMILES string of the molecule is NCCCCCCC(=O)Nc1cc2[nH]c(=O)[nH]c2cc1Br. The van der Waals surface area contributed by atoms with Crippen LogP contribution in [0, 0.1) is 0 Å². The maximum Gasteiger partial charge on any atom is 0.323 e. The van der Waals surface area contributed by atoms with E-state index in [0.717, 1.165) is 30.2 Å². The first kappa shape index (κ1) is 15.8. The monoisotopic (exact) mass is 354 g/mol. The zero-order valence-corrected chi connectivity index (χ0v) is 13.3. The summed E-state index contributed by atoms with van der Waals surface area (Å²) in [4.78, 5) is 28.5. The van der Waals surface area contributed by atoms with E-state index < -0.39 is 0 Å². The van der Waals surface area contributed by atoms with E-state index in [1.807, 2.05) is 0 Å². The van der Waals surface area contributed by atoms with Crippen LogP contribution in [-0.4, -0.2) is 22.4 Å². The molecule has 0 unspecified atom stereocenters. The molecule has 0 fully saturated rings. The number of benzene rings is 1. The standard InChI is InChI=1S/C14H19BrN4O2/c15-9-7-11-12(19-14(21)18-11)8-10(9)17-13(20)5-3-1-2-4-6-16/h7-8H,1-6,16H2,(H,17,20)(H2,18,19,21). The number of nitrogens with two attached hydrogens (primary N) is 1. The molecule has 1 aromatic carbocycles. The maximum absolute atomic E-state index is 11.9. The van der Waals surface area contributed by atoms with Crippen LogP contribution in [0.25, 0.3) is 11.0 Å². The van der Waals surface area contributed by atoms with Crippen LogP contribution in [0.15, 0.2) is 21.4 Å². The fraction of sp³-hybridized carbons (Fsp3) is 0.429. The summed E-state index contributed by atoms with van der Waals surface area (Å²) in [6, 6.07) is 3.51. The summed E-state index contributed by atoms with van der Waals surface area (Å²) in [5.74, 6) is -0.0271. The van der Waals surface area contributed by atoms with Gasteiger partial charge < -0.3 is 21.0 Å². The second kappa shape index (κ2) is 7.42. The largest absolute Gasteiger partial charge is 0.330 e. The lowest BCUT2D eigenvalue weighted by molar-refractivity contribution is -0.116. The van der Waals surface area contributed by atoms with E-state index in [0.29, 0.717) is 29.7 Å². The first-order valence-corrected chi connectivity index (χ1v) is 7.81. The molecule has 0 atom stereocenters. The molecule has 0 radical (unpaired) electrons. The second-order valence-electron chi connectivity index (χ2n) is 4.96. The fourth-order valence-corrected chi connectivity index (χ4v) is 2.59. The molecule has 5 N–H and O–H groups in total. The zero-order chi connectivity index (χ0) is 15.2. The number of halogens is 1. The predicted molar refractivity (Wildman–Crippen MR) is 87.4 cm³/mol. The molecule has 0 spiro atoms. The highest BCUT2D eigenvalue weighted by Crippen LogP contribution is 2.26. The van der Waals surface area contributed by atoms with E-state index in [1.165, 1.54) is 0 Å². The Balaban J connectivity index is 1.94. The Morgan fingerprint density at radius 2 is 1.81 bits per heavy atom. The van der Waals surface area contributed by atoms with Crippen molar-refractivity contribution in [2.45, 2.75) is 32.1 Å². The molecule has 1 aromatic heterocycles. The van der Waals surface area contributed by atoms with Gasteiger partial charge in [-0.15, -0.1) is 0 Å². The van der Waals surface area contributed by atoms with Crippen LogP contribution in [0.1, 0.15) is 32.1 Å². The van der Waals surface area contributed by atoms with Crippen LogP contribution in [-0.2, 0) is 4.79 Å². The van der Waals surface area contributed by atoms with Crippen LogP contribution in [0.5, 0.6) is 0 Å². The number of nitrogens with one attached hydrogen (secondary N) is 3. The number of unbranched alkanes of at least 4 members (excludes halogenated alkanes) is 3. The van der Waals surface area contributed by atoms with Crippen molar-refractivity contribution >= 4 is 38.6 Å². The van der Waals surface area contributed by atoms with E-state index in [1.54, 1.807) is 12.1 Å². The van der Waals surface area contributed by atoms with Crippen molar-refractivity contribution in [2.75, 3.05) is 11.9 Å². The minimum atomic E-state index is -0.264. The van der Waals surface area contributed by atoms with Crippen LogP contribution in [0.4, 0.5) is 5.69 Å². The van der Waals surface area contributed by atoms with E-state index in [4.69, 9.17) is 5.73 Å². The summed E-state index contributed by atoms with van der Waals surface area (Å²) in [6.45, 7) is 0.702. The van der Waals surface area contributed by atoms with Gasteiger partial charge in [-0.25, -0.2) is 4.79 Å². The van der Waals surface area contributed by atoms with Gasteiger partial charge in [-0.3, -0.25) is 4.79 Å². The Labute approximate surface area is 130 Å². The summed E-state index contributed by atoms with van der Waals surface area (Å²) < 4.78 is 0.738. The van der Waals surface area contributed by atoms with Crippen LogP contribution in [0.3, 0.4) is 0 Å². The number of hydrogen-bond acceptors (Lipinski definition) is 3. The van der Waals surface area contributed by atoms with Crippen molar-refractivity contribution in [2.24, 2.45) is 5.73 Å². The quantitative estimate of drug-likeness (QED) is 0.574. The summed E-state index contributed by atoms with van der Waals surface area (Å²) in [6.07, 6.45) is 4.41. The molecule has 0 aliphatic rings. The number of rotatable bonds is 7. The van der Waals surface area contributed by atoms with Gasteiger partial charge in [-0.2, -0.15) is 0 Å². The third-order valence-corrected chi connectivity index (χ3v) is 3.89. The lowest BCUT2D eigenvalue weighted by atomic mass is 10.1. The summed E-state index contributed by atoms with van der Waals surface area (Å²) in [5.41, 5.74) is 7.19. The number of carbonyl (C=O) groups excluding carboxylic acids is 1. The molecule has 0 aliphatic carbocycles. The number of hydrogen-bond donors (Lipinski definition) is 4. The van der Waals surface area contributed by atoms with Gasteiger partial charge in [0.1, 0.15) is 0 Å². The van der Waals surface area contributed by atoms with E-state index in [2.05, 4.69) is 31.2 Å². The fourth-order valence-electron chi connectivity index (χ4n) is 2.15. The lowest BCUT2D eigenvalue weighted by Gasteiger charge is -2.07. The van der Waals surface area contributed by atoms with Gasteiger partial charge in [0.25, 0.3) is 0 Å². The zero-order valence-electron chi connectivity index (χ0n) is 11.7. The molecule has 1 heterocycles. The highest BCUT2D eigenvalue weighted by molar-refractivity contribution is 9.10. The molecular formula is C14H19BrN4O2. The summed E-state index contributed by atoms with van der Waals surface area (Å²) in [5, 5.41) is 2.86. The highest BCUT2D eigenvalue weighted by atomic mass is 79.9. The maximum atomic E-state index is 11.9. The minimum Gasteiger partial charge on any atom is -0.330 e. The first-order chi connectivity index (χ1) is 10.1. The van der Waals surface area contributed by atoms with E-state index in [9.17, 15) is 9.59 Å². The number of fused-ring (bicyclic) bond motifs is 1. The Bertz CT molecular complexity index is 677. The number of H-pyrrole nitrogens is 2. The number of anilines is 1. The van der Waals surface area contributed by atoms with Gasteiger partial charge in [-0.05, 0) is 47.4 Å². The average molecular weight is 355 g/mol. The third kappa shape index (κ3) is 4.44. The number of carbonyl (C=O) groups is 1. The average Bonchev–Trinajstić information content (AvgIpc) is 2.78. The van der Waals surface area contributed by atoms with Gasteiger partial charge in [-0.1, -0.05) is 12.8 Å². The summed E-state index contributed by atoms with van der Waals surface area (Å²) in [7, 11) is 0. The molecule has 2 rings (SSSR count). The van der Waals surface area contributed by atoms with E-state index >= 15 is 0 Å².